The molecule has 0 bridgehead atoms. The molecule has 0 radical (unpaired) electrons. The normalized spacial score (nSPS) is 15.1. The zero-order valence-corrected chi connectivity index (χ0v) is 6.77. The lowest BCUT2D eigenvalue weighted by molar-refractivity contribution is -0.116. The monoisotopic (exact) mass is 128 g/mol. The summed E-state index contributed by atoms with van der Waals surface area (Å²) in [6.07, 6.45) is 2.12. The molecule has 0 aromatic carbocycles. The molecule has 1 atom stereocenters. The van der Waals surface area contributed by atoms with Crippen molar-refractivity contribution in [3.63, 3.8) is 0 Å². The van der Waals surface area contributed by atoms with Gasteiger partial charge in [0.1, 0.15) is 6.29 Å². The van der Waals surface area contributed by atoms with Crippen LogP contribution in [0, 0.1) is 11.3 Å². The van der Waals surface area contributed by atoms with E-state index in [1.807, 2.05) is 13.8 Å². The molecule has 0 aliphatic heterocycles. The second-order valence-electron chi connectivity index (χ2n) is 3.25. The van der Waals surface area contributed by atoms with Gasteiger partial charge in [-0.3, -0.25) is 0 Å². The Bertz CT molecular complexity index is 94.7. The first-order valence-corrected chi connectivity index (χ1v) is 3.51. The SMILES string of the molecule is CCC(C)C(C)(C)C=O. The van der Waals surface area contributed by atoms with Crippen LogP contribution in [0.15, 0.2) is 0 Å². The van der Waals surface area contributed by atoms with Crippen LogP contribution in [0.4, 0.5) is 0 Å². The van der Waals surface area contributed by atoms with Gasteiger partial charge in [0.25, 0.3) is 0 Å². The molecule has 0 N–H and O–H groups in total. The third-order valence-corrected chi connectivity index (χ3v) is 2.19. The fraction of sp³-hybridized carbons (Fsp3) is 0.875. The van der Waals surface area contributed by atoms with Crippen LogP contribution in [0.25, 0.3) is 0 Å². The molecule has 0 saturated carbocycles. The van der Waals surface area contributed by atoms with Crippen molar-refractivity contribution in [3.8, 4) is 0 Å². The van der Waals surface area contributed by atoms with E-state index in [1.165, 1.54) is 0 Å². The fourth-order valence-electron chi connectivity index (χ4n) is 0.642. The first-order valence-electron chi connectivity index (χ1n) is 3.51. The minimum atomic E-state index is -0.130. The van der Waals surface area contributed by atoms with Crippen LogP contribution >= 0.6 is 0 Å². The van der Waals surface area contributed by atoms with E-state index >= 15 is 0 Å². The highest BCUT2D eigenvalue weighted by atomic mass is 16.1. The Kier molecular flexibility index (Phi) is 2.89. The quantitative estimate of drug-likeness (QED) is 0.533. The summed E-state index contributed by atoms with van der Waals surface area (Å²) in [5.41, 5.74) is -0.130. The second-order valence-corrected chi connectivity index (χ2v) is 3.25. The van der Waals surface area contributed by atoms with E-state index in [9.17, 15) is 4.79 Å². The first-order chi connectivity index (χ1) is 4.04. The highest BCUT2D eigenvalue weighted by molar-refractivity contribution is 5.58. The van der Waals surface area contributed by atoms with E-state index in [4.69, 9.17) is 0 Å². The largest absolute Gasteiger partial charge is 0.303 e. The topological polar surface area (TPSA) is 17.1 Å². The summed E-state index contributed by atoms with van der Waals surface area (Å²) in [5.74, 6) is 0.495. The van der Waals surface area contributed by atoms with Crippen molar-refractivity contribution < 1.29 is 4.79 Å². The zero-order chi connectivity index (χ0) is 7.49. The van der Waals surface area contributed by atoms with Gasteiger partial charge in [-0.05, 0) is 5.92 Å². The predicted octanol–water partition coefficient (Wildman–Crippen LogP) is 2.26. The Morgan fingerprint density at radius 2 is 2.00 bits per heavy atom. The van der Waals surface area contributed by atoms with E-state index < -0.39 is 0 Å². The molecule has 0 rings (SSSR count). The van der Waals surface area contributed by atoms with Gasteiger partial charge in [-0.25, -0.2) is 0 Å². The van der Waals surface area contributed by atoms with E-state index in [0.29, 0.717) is 5.92 Å². The molecule has 1 unspecified atom stereocenters. The van der Waals surface area contributed by atoms with Crippen LogP contribution in [0.5, 0.6) is 0 Å². The minimum absolute atomic E-state index is 0.130. The number of carbonyl (C=O) groups is 1. The highest BCUT2D eigenvalue weighted by Crippen LogP contribution is 2.25. The van der Waals surface area contributed by atoms with Crippen molar-refractivity contribution >= 4 is 6.29 Å². The van der Waals surface area contributed by atoms with Gasteiger partial charge >= 0.3 is 0 Å². The molecule has 0 aliphatic rings. The number of rotatable bonds is 3. The lowest BCUT2D eigenvalue weighted by Crippen LogP contribution is -2.22. The molecule has 0 amide bonds. The van der Waals surface area contributed by atoms with Gasteiger partial charge in [0.2, 0.25) is 0 Å². The second kappa shape index (κ2) is 3.00. The Hall–Kier alpha value is -0.330. The summed E-state index contributed by atoms with van der Waals surface area (Å²) < 4.78 is 0. The summed E-state index contributed by atoms with van der Waals surface area (Å²) in [7, 11) is 0. The maximum absolute atomic E-state index is 10.4. The summed E-state index contributed by atoms with van der Waals surface area (Å²) in [4.78, 5) is 10.4. The van der Waals surface area contributed by atoms with Crippen molar-refractivity contribution in [2.45, 2.75) is 34.1 Å². The Balaban J connectivity index is 3.95. The fourth-order valence-corrected chi connectivity index (χ4v) is 0.642. The van der Waals surface area contributed by atoms with Crippen molar-refractivity contribution in [1.82, 2.24) is 0 Å². The van der Waals surface area contributed by atoms with E-state index in [-0.39, 0.29) is 5.41 Å². The summed E-state index contributed by atoms with van der Waals surface area (Å²) in [6, 6.07) is 0. The lowest BCUT2D eigenvalue weighted by Gasteiger charge is -2.23. The van der Waals surface area contributed by atoms with Gasteiger partial charge in [0, 0.05) is 5.41 Å². The Morgan fingerprint density at radius 3 is 2.11 bits per heavy atom. The summed E-state index contributed by atoms with van der Waals surface area (Å²) >= 11 is 0. The third kappa shape index (κ3) is 2.17. The smallest absolute Gasteiger partial charge is 0.125 e. The molecule has 0 fully saturated rings. The van der Waals surface area contributed by atoms with E-state index in [2.05, 4.69) is 13.8 Å². The maximum atomic E-state index is 10.4. The van der Waals surface area contributed by atoms with E-state index in [0.717, 1.165) is 12.7 Å². The third-order valence-electron chi connectivity index (χ3n) is 2.19. The highest BCUT2D eigenvalue weighted by Gasteiger charge is 2.22. The average molecular weight is 128 g/mol. The molecule has 0 heterocycles. The van der Waals surface area contributed by atoms with Crippen molar-refractivity contribution in [2.75, 3.05) is 0 Å². The average Bonchev–Trinajstić information content (AvgIpc) is 1.86. The van der Waals surface area contributed by atoms with Gasteiger partial charge in [0.15, 0.2) is 0 Å². The van der Waals surface area contributed by atoms with Gasteiger partial charge in [0.05, 0.1) is 0 Å². The molecular formula is C8H16O. The molecule has 1 heteroatoms. The first kappa shape index (κ1) is 8.67. The molecule has 1 nitrogen and oxygen atoms in total. The van der Waals surface area contributed by atoms with Crippen LogP contribution in [-0.4, -0.2) is 6.29 Å². The van der Waals surface area contributed by atoms with Crippen molar-refractivity contribution in [2.24, 2.45) is 11.3 Å². The minimum Gasteiger partial charge on any atom is -0.303 e. The predicted molar refractivity (Wildman–Crippen MR) is 39.3 cm³/mol. The summed E-state index contributed by atoms with van der Waals surface area (Å²) in [6.45, 7) is 8.17. The zero-order valence-electron chi connectivity index (χ0n) is 6.77. The summed E-state index contributed by atoms with van der Waals surface area (Å²) in [5, 5.41) is 0. The number of hydrogen-bond donors (Lipinski definition) is 0. The standard InChI is InChI=1S/C8H16O/c1-5-7(2)8(3,4)6-9/h6-7H,5H2,1-4H3. The van der Waals surface area contributed by atoms with Gasteiger partial charge in [-0.1, -0.05) is 34.1 Å². The molecular weight excluding hydrogens is 112 g/mol. The van der Waals surface area contributed by atoms with Crippen molar-refractivity contribution in [1.29, 1.82) is 0 Å². The van der Waals surface area contributed by atoms with Crippen LogP contribution in [-0.2, 0) is 4.79 Å². The van der Waals surface area contributed by atoms with Crippen LogP contribution in [0.2, 0.25) is 0 Å². The molecule has 0 spiro atoms. The van der Waals surface area contributed by atoms with Crippen molar-refractivity contribution in [3.05, 3.63) is 0 Å². The Labute approximate surface area is 57.5 Å². The van der Waals surface area contributed by atoms with Crippen LogP contribution < -0.4 is 0 Å². The molecule has 9 heavy (non-hydrogen) atoms. The van der Waals surface area contributed by atoms with E-state index in [1.54, 1.807) is 0 Å². The Morgan fingerprint density at radius 1 is 1.56 bits per heavy atom. The molecule has 54 valence electrons. The molecule has 0 aliphatic carbocycles. The van der Waals surface area contributed by atoms with Crippen LogP contribution in [0.1, 0.15) is 34.1 Å². The number of carbonyl (C=O) groups excluding carboxylic acids is 1. The molecule has 0 saturated heterocycles. The maximum Gasteiger partial charge on any atom is 0.125 e. The van der Waals surface area contributed by atoms with Gasteiger partial charge < -0.3 is 4.79 Å². The number of hydrogen-bond acceptors (Lipinski definition) is 1. The van der Waals surface area contributed by atoms with Gasteiger partial charge in [-0.2, -0.15) is 0 Å². The molecule has 0 aromatic heterocycles. The lowest BCUT2D eigenvalue weighted by atomic mass is 9.80. The van der Waals surface area contributed by atoms with Gasteiger partial charge in [-0.15, -0.1) is 0 Å². The number of aldehydes is 1. The van der Waals surface area contributed by atoms with Crippen LogP contribution in [0.3, 0.4) is 0 Å². The molecule has 0 aromatic rings.